The first-order valence-electron chi connectivity index (χ1n) is 18.8. The van der Waals surface area contributed by atoms with E-state index in [0.717, 1.165) is 25.6 Å². The molecular formula is C42H51N3O11. The van der Waals surface area contributed by atoms with Gasteiger partial charge in [0.1, 0.15) is 55.7 Å². The molecule has 3 unspecified atom stereocenters. The van der Waals surface area contributed by atoms with E-state index in [9.17, 15) is 29.9 Å². The van der Waals surface area contributed by atoms with Gasteiger partial charge in [0, 0.05) is 48.1 Å². The van der Waals surface area contributed by atoms with Gasteiger partial charge in [-0.15, -0.1) is 0 Å². The second kappa shape index (κ2) is 19.5. The van der Waals surface area contributed by atoms with Crippen LogP contribution >= 0.6 is 0 Å². The molecule has 1 aliphatic heterocycles. The molecule has 1 saturated carbocycles. The number of carbonyl (C=O) groups excluding carboxylic acids is 1. The fourth-order valence-electron chi connectivity index (χ4n) is 6.25. The number of allylic oxidation sites excluding steroid dienone is 1. The van der Waals surface area contributed by atoms with Gasteiger partial charge in [0.05, 0.1) is 17.1 Å². The fraction of sp³-hybridized carbons (Fsp3) is 0.452. The van der Waals surface area contributed by atoms with Crippen molar-refractivity contribution in [1.29, 1.82) is 0 Å². The van der Waals surface area contributed by atoms with E-state index in [0.29, 0.717) is 36.0 Å². The molecule has 3 aromatic carbocycles. The second-order valence-electron chi connectivity index (χ2n) is 14.8. The minimum atomic E-state index is -1.21. The highest BCUT2D eigenvalue weighted by atomic mass is 16.6. The quantitative estimate of drug-likeness (QED) is 0.0475. The number of aliphatic carboxylic acids is 1. The van der Waals surface area contributed by atoms with Crippen molar-refractivity contribution in [2.75, 3.05) is 46.2 Å². The lowest BCUT2D eigenvalue weighted by atomic mass is 9.75. The van der Waals surface area contributed by atoms with E-state index in [1.165, 1.54) is 36.6 Å². The molecule has 0 radical (unpaired) electrons. The van der Waals surface area contributed by atoms with E-state index in [1.54, 1.807) is 44.2 Å². The summed E-state index contributed by atoms with van der Waals surface area (Å²) in [6.45, 7) is 9.29. The number of hydrogen-bond donors (Lipinski definition) is 3. The van der Waals surface area contributed by atoms with Crippen LogP contribution in [0.25, 0.3) is 0 Å². The predicted molar refractivity (Wildman–Crippen MR) is 208 cm³/mol. The predicted octanol–water partition coefficient (Wildman–Crippen LogP) is 5.91. The molecule has 14 nitrogen and oxygen atoms in total. The molecule has 1 fully saturated rings. The van der Waals surface area contributed by atoms with Gasteiger partial charge in [-0.25, -0.2) is 4.79 Å². The molecule has 0 spiro atoms. The number of rotatable bonds is 22. The van der Waals surface area contributed by atoms with Gasteiger partial charge in [-0.3, -0.25) is 19.9 Å². The minimum absolute atomic E-state index is 0.00838. The Morgan fingerprint density at radius 1 is 0.946 bits per heavy atom. The molecule has 300 valence electrons. The van der Waals surface area contributed by atoms with Crippen molar-refractivity contribution in [3.8, 4) is 17.2 Å². The molecule has 14 heteroatoms. The Labute approximate surface area is 326 Å². The number of nitro benzene ring substituents is 1. The Morgan fingerprint density at radius 3 is 2.27 bits per heavy atom. The number of β-amino-alcohol motifs (C(OH)–C–C–N with tert-alkyl or cyclic N) is 1. The molecule has 5 rings (SSSR count). The molecule has 0 amide bonds. The van der Waals surface area contributed by atoms with Crippen molar-refractivity contribution >= 4 is 23.3 Å². The monoisotopic (exact) mass is 773 g/mol. The minimum Gasteiger partial charge on any atom is -0.492 e. The maximum Gasteiger partial charge on any atom is 0.336 e. The summed E-state index contributed by atoms with van der Waals surface area (Å²) >= 11 is 0. The van der Waals surface area contributed by atoms with E-state index < -0.39 is 40.3 Å². The molecule has 0 bridgehead atoms. The average molecular weight is 774 g/mol. The second-order valence-corrected chi connectivity index (χ2v) is 14.8. The van der Waals surface area contributed by atoms with Crippen molar-refractivity contribution < 1.29 is 48.4 Å². The Bertz CT molecular complexity index is 1870. The molecule has 0 aromatic heterocycles. The number of carboxylic acid groups (broad SMARTS) is 1. The van der Waals surface area contributed by atoms with Crippen molar-refractivity contribution in [3.05, 3.63) is 105 Å². The van der Waals surface area contributed by atoms with Crippen molar-refractivity contribution in [2.45, 2.75) is 64.5 Å². The summed E-state index contributed by atoms with van der Waals surface area (Å²) in [4.78, 5) is 40.8. The van der Waals surface area contributed by atoms with Gasteiger partial charge in [-0.05, 0) is 100 Å². The maximum atomic E-state index is 13.4. The Hall–Kier alpha value is -5.31. The summed E-state index contributed by atoms with van der Waals surface area (Å²) in [5, 5.41) is 35.3. The number of nitro groups is 1. The molecule has 0 saturated heterocycles. The summed E-state index contributed by atoms with van der Waals surface area (Å²) in [7, 11) is 0. The summed E-state index contributed by atoms with van der Waals surface area (Å²) in [6.07, 6.45) is 2.71. The number of ether oxygens (including phenoxy) is 5. The number of nitrogens with zero attached hydrogens (tertiary/aromatic N) is 2. The standard InChI is InChI=1S/C42H51N3O11/c1-27-37(40(47)48)39(31-6-5-7-32(22-31)45(50)51)38(28(2)44-27)41(49)54-21-20-53-34-14-16-36(17-15-34)56-26-42(3,4)43-23-33(46)25-55-35-12-10-29(11-13-35)18-19-52-24-30-8-9-30/h5-7,10-17,22,30,33,37,39,43,46H,8-9,18-21,23-26H2,1-4H3,(H,47,48). The zero-order chi connectivity index (χ0) is 40.2. The molecule has 3 aromatic rings. The number of carboxylic acids is 1. The SMILES string of the molecule is CC1=NC(C)=C(C(=O)OCCOc2ccc(OCC(C)(C)NCC(O)COc3ccc(CCOCC4CC4)cc3)cc2)C(c2cccc([N+](=O)[O-])c2)C1C(=O)O. The number of benzene rings is 3. The van der Waals surface area contributed by atoms with Gasteiger partial charge in [-0.1, -0.05) is 24.3 Å². The molecule has 3 N–H and O–H groups in total. The maximum absolute atomic E-state index is 13.4. The Balaban J connectivity index is 1.02. The van der Waals surface area contributed by atoms with Gasteiger partial charge < -0.3 is 39.2 Å². The van der Waals surface area contributed by atoms with Crippen LogP contribution in [0.2, 0.25) is 0 Å². The number of esters is 1. The van der Waals surface area contributed by atoms with E-state index in [1.807, 2.05) is 38.1 Å². The highest BCUT2D eigenvalue weighted by Crippen LogP contribution is 2.40. The van der Waals surface area contributed by atoms with Crippen LogP contribution in [0, 0.1) is 22.0 Å². The molecule has 1 aliphatic carbocycles. The molecule has 3 atom stereocenters. The van der Waals surface area contributed by atoms with Gasteiger partial charge >= 0.3 is 11.9 Å². The largest absolute Gasteiger partial charge is 0.492 e. The van der Waals surface area contributed by atoms with Gasteiger partial charge in [-0.2, -0.15) is 0 Å². The van der Waals surface area contributed by atoms with E-state index in [-0.39, 0.29) is 42.5 Å². The smallest absolute Gasteiger partial charge is 0.336 e. The number of nitrogens with one attached hydrogen (secondary N) is 1. The summed E-state index contributed by atoms with van der Waals surface area (Å²) in [5.74, 6) is -1.67. The van der Waals surface area contributed by atoms with Gasteiger partial charge in [0.15, 0.2) is 0 Å². The Morgan fingerprint density at radius 2 is 1.61 bits per heavy atom. The highest BCUT2D eigenvalue weighted by molar-refractivity contribution is 6.06. The zero-order valence-corrected chi connectivity index (χ0v) is 32.3. The van der Waals surface area contributed by atoms with Crippen LogP contribution in [-0.2, 0) is 25.5 Å². The molecular weight excluding hydrogens is 722 g/mol. The fourth-order valence-corrected chi connectivity index (χ4v) is 6.25. The highest BCUT2D eigenvalue weighted by Gasteiger charge is 2.42. The normalized spacial score (nSPS) is 17.5. The first-order chi connectivity index (χ1) is 26.8. The van der Waals surface area contributed by atoms with Crippen LogP contribution in [0.4, 0.5) is 5.69 Å². The number of aliphatic hydroxyl groups excluding tert-OH is 1. The first-order valence-corrected chi connectivity index (χ1v) is 18.8. The van der Waals surface area contributed by atoms with Gasteiger partial charge in [0.25, 0.3) is 5.69 Å². The van der Waals surface area contributed by atoms with Crippen LogP contribution in [0.1, 0.15) is 57.6 Å². The van der Waals surface area contributed by atoms with Crippen LogP contribution in [0.15, 0.2) is 89.1 Å². The van der Waals surface area contributed by atoms with E-state index in [4.69, 9.17) is 23.7 Å². The van der Waals surface area contributed by atoms with Crippen LogP contribution < -0.4 is 19.5 Å². The number of aliphatic imine (C=N–C) groups is 1. The van der Waals surface area contributed by atoms with Gasteiger partial charge in [0.2, 0.25) is 0 Å². The molecule has 1 heterocycles. The number of aliphatic hydroxyl groups is 1. The van der Waals surface area contributed by atoms with E-state index >= 15 is 0 Å². The van der Waals surface area contributed by atoms with E-state index in [2.05, 4.69) is 10.3 Å². The van der Waals surface area contributed by atoms with Crippen molar-refractivity contribution in [1.82, 2.24) is 5.32 Å². The number of carbonyl (C=O) groups is 2. The topological polar surface area (TPSA) is 188 Å². The van der Waals surface area contributed by atoms with Crippen molar-refractivity contribution in [2.24, 2.45) is 16.8 Å². The average Bonchev–Trinajstić information content (AvgIpc) is 4.01. The molecule has 2 aliphatic rings. The van der Waals surface area contributed by atoms with Crippen LogP contribution in [0.3, 0.4) is 0 Å². The lowest BCUT2D eigenvalue weighted by Gasteiger charge is -2.30. The first kappa shape index (κ1) is 41.8. The Kier molecular flexibility index (Phi) is 14.6. The third-order valence-electron chi connectivity index (χ3n) is 9.53. The summed E-state index contributed by atoms with van der Waals surface area (Å²) in [5.41, 5.74) is 1.37. The molecule has 56 heavy (non-hydrogen) atoms. The lowest BCUT2D eigenvalue weighted by Crippen LogP contribution is -2.48. The number of hydrogen-bond acceptors (Lipinski definition) is 12. The third-order valence-corrected chi connectivity index (χ3v) is 9.53. The summed E-state index contributed by atoms with van der Waals surface area (Å²) in [6, 6.07) is 20.4. The lowest BCUT2D eigenvalue weighted by molar-refractivity contribution is -0.384. The van der Waals surface area contributed by atoms with Crippen LogP contribution in [0.5, 0.6) is 17.2 Å². The number of non-ortho nitro benzene ring substituents is 1. The summed E-state index contributed by atoms with van der Waals surface area (Å²) < 4.78 is 28.7. The third kappa shape index (κ3) is 12.4. The zero-order valence-electron chi connectivity index (χ0n) is 32.3. The van der Waals surface area contributed by atoms with Crippen LogP contribution in [-0.4, -0.2) is 90.6 Å². The van der Waals surface area contributed by atoms with Crippen molar-refractivity contribution in [3.63, 3.8) is 0 Å².